The summed E-state index contributed by atoms with van der Waals surface area (Å²) in [7, 11) is 0. The second kappa shape index (κ2) is 11.8. The monoisotopic (exact) mass is 391 g/mol. The molecule has 7 nitrogen and oxygen atoms in total. The van der Waals surface area contributed by atoms with Crippen LogP contribution in [0.5, 0.6) is 0 Å². The predicted octanol–water partition coefficient (Wildman–Crippen LogP) is 1.75. The maximum Gasteiger partial charge on any atom is 0.317 e. The SMILES string of the molecule is Cc1ccc(CN2CCCCCN(CC(=O)O)CCN(CC(=O)O)CC2)cc1. The topological polar surface area (TPSA) is 84.3 Å². The summed E-state index contributed by atoms with van der Waals surface area (Å²) < 4.78 is 0. The quantitative estimate of drug-likeness (QED) is 0.764. The molecule has 1 aliphatic heterocycles. The van der Waals surface area contributed by atoms with Crippen LogP contribution in [0, 0.1) is 6.92 Å². The summed E-state index contributed by atoms with van der Waals surface area (Å²) >= 11 is 0. The average Bonchev–Trinajstić information content (AvgIpc) is 2.62. The number of carbonyl (C=O) groups is 2. The van der Waals surface area contributed by atoms with Gasteiger partial charge >= 0.3 is 11.9 Å². The average molecular weight is 392 g/mol. The number of hydrogen-bond acceptors (Lipinski definition) is 5. The lowest BCUT2D eigenvalue weighted by Gasteiger charge is -2.30. The number of hydrogen-bond donors (Lipinski definition) is 2. The minimum atomic E-state index is -0.845. The number of carboxylic acid groups (broad SMARTS) is 2. The van der Waals surface area contributed by atoms with Gasteiger partial charge in [0.2, 0.25) is 0 Å². The first kappa shape index (κ1) is 22.3. The molecule has 1 heterocycles. The summed E-state index contributed by atoms with van der Waals surface area (Å²) in [5, 5.41) is 18.3. The predicted molar refractivity (Wildman–Crippen MR) is 108 cm³/mol. The normalized spacial score (nSPS) is 18.9. The molecule has 0 aliphatic carbocycles. The van der Waals surface area contributed by atoms with Crippen LogP contribution in [0.1, 0.15) is 30.4 Å². The van der Waals surface area contributed by atoms with E-state index in [-0.39, 0.29) is 13.1 Å². The Balaban J connectivity index is 2.00. The zero-order chi connectivity index (χ0) is 20.4. The number of carboxylic acids is 2. The van der Waals surface area contributed by atoms with E-state index >= 15 is 0 Å². The minimum Gasteiger partial charge on any atom is -0.480 e. The van der Waals surface area contributed by atoms with Crippen molar-refractivity contribution in [2.24, 2.45) is 0 Å². The van der Waals surface area contributed by atoms with Crippen LogP contribution in [0.2, 0.25) is 0 Å². The lowest BCUT2D eigenvalue weighted by atomic mass is 10.1. The lowest BCUT2D eigenvalue weighted by Crippen LogP contribution is -2.43. The van der Waals surface area contributed by atoms with Crippen molar-refractivity contribution in [3.05, 3.63) is 35.4 Å². The molecule has 0 atom stereocenters. The smallest absolute Gasteiger partial charge is 0.317 e. The van der Waals surface area contributed by atoms with Gasteiger partial charge < -0.3 is 10.2 Å². The van der Waals surface area contributed by atoms with Crippen LogP contribution in [-0.4, -0.2) is 89.2 Å². The van der Waals surface area contributed by atoms with Crippen LogP contribution >= 0.6 is 0 Å². The fourth-order valence-electron chi connectivity index (χ4n) is 3.56. The Morgan fingerprint density at radius 2 is 1.21 bits per heavy atom. The van der Waals surface area contributed by atoms with Crippen LogP contribution in [0.15, 0.2) is 24.3 Å². The van der Waals surface area contributed by atoms with E-state index in [1.165, 1.54) is 11.1 Å². The number of nitrogens with zero attached hydrogens (tertiary/aromatic N) is 3. The third-order valence-corrected chi connectivity index (χ3v) is 5.16. The van der Waals surface area contributed by atoms with Gasteiger partial charge in [-0.1, -0.05) is 36.2 Å². The Kier molecular flexibility index (Phi) is 9.40. The van der Waals surface area contributed by atoms with Crippen molar-refractivity contribution in [2.45, 2.75) is 32.7 Å². The molecule has 1 aliphatic rings. The van der Waals surface area contributed by atoms with Gasteiger partial charge in [-0.05, 0) is 38.4 Å². The fraction of sp³-hybridized carbons (Fsp3) is 0.619. The number of rotatable bonds is 6. The second-order valence-corrected chi connectivity index (χ2v) is 7.66. The molecular weight excluding hydrogens is 358 g/mol. The number of aryl methyl sites for hydroxylation is 1. The minimum absolute atomic E-state index is 0.0143. The molecule has 0 bridgehead atoms. The molecule has 1 aromatic carbocycles. The van der Waals surface area contributed by atoms with Gasteiger partial charge in [-0.25, -0.2) is 0 Å². The van der Waals surface area contributed by atoms with Crippen LogP contribution in [0.3, 0.4) is 0 Å². The van der Waals surface area contributed by atoms with Crippen LogP contribution in [0.4, 0.5) is 0 Å². The van der Waals surface area contributed by atoms with E-state index in [2.05, 4.69) is 36.1 Å². The first-order valence-corrected chi connectivity index (χ1v) is 10.1. The third-order valence-electron chi connectivity index (χ3n) is 5.16. The lowest BCUT2D eigenvalue weighted by molar-refractivity contribution is -0.140. The van der Waals surface area contributed by atoms with E-state index in [1.54, 1.807) is 0 Å². The maximum atomic E-state index is 11.2. The van der Waals surface area contributed by atoms with Gasteiger partial charge in [0.25, 0.3) is 0 Å². The molecule has 1 aromatic rings. The number of benzene rings is 1. The van der Waals surface area contributed by atoms with E-state index < -0.39 is 11.9 Å². The van der Waals surface area contributed by atoms with Crippen LogP contribution < -0.4 is 0 Å². The molecule has 0 aromatic heterocycles. The largest absolute Gasteiger partial charge is 0.480 e. The van der Waals surface area contributed by atoms with E-state index in [0.29, 0.717) is 19.6 Å². The Morgan fingerprint density at radius 3 is 1.75 bits per heavy atom. The fourth-order valence-corrected chi connectivity index (χ4v) is 3.56. The van der Waals surface area contributed by atoms with E-state index in [0.717, 1.165) is 45.4 Å². The van der Waals surface area contributed by atoms with Crippen molar-refractivity contribution in [3.8, 4) is 0 Å². The Bertz CT molecular complexity index is 621. The molecule has 7 heteroatoms. The van der Waals surface area contributed by atoms with Crippen LogP contribution in [-0.2, 0) is 16.1 Å². The Morgan fingerprint density at radius 1 is 0.750 bits per heavy atom. The molecule has 1 fully saturated rings. The van der Waals surface area contributed by atoms with Crippen molar-refractivity contribution in [1.29, 1.82) is 0 Å². The molecule has 0 amide bonds. The molecule has 2 N–H and O–H groups in total. The highest BCUT2D eigenvalue weighted by atomic mass is 16.4. The van der Waals surface area contributed by atoms with Gasteiger partial charge in [-0.15, -0.1) is 0 Å². The van der Waals surface area contributed by atoms with Crippen molar-refractivity contribution in [1.82, 2.24) is 14.7 Å². The standard InChI is InChI=1S/C21H33N3O4/c1-18-5-7-19(8-6-18)15-22-9-3-2-4-10-23(16-20(25)26)12-14-24(13-11-22)17-21(27)28/h5-8H,2-4,9-17H2,1H3,(H,25,26)(H,27,28). The van der Waals surface area contributed by atoms with Crippen molar-refractivity contribution >= 4 is 11.9 Å². The summed E-state index contributed by atoms with van der Waals surface area (Å²) in [6.07, 6.45) is 3.09. The summed E-state index contributed by atoms with van der Waals surface area (Å²) in [6.45, 7) is 7.27. The summed E-state index contributed by atoms with van der Waals surface area (Å²) in [5.41, 5.74) is 2.52. The highest BCUT2D eigenvalue weighted by Crippen LogP contribution is 2.10. The van der Waals surface area contributed by atoms with Crippen molar-refractivity contribution in [2.75, 3.05) is 52.4 Å². The van der Waals surface area contributed by atoms with Gasteiger partial charge in [0.15, 0.2) is 0 Å². The highest BCUT2D eigenvalue weighted by molar-refractivity contribution is 5.69. The first-order valence-electron chi connectivity index (χ1n) is 10.1. The van der Waals surface area contributed by atoms with Gasteiger partial charge in [0, 0.05) is 32.7 Å². The summed E-state index contributed by atoms with van der Waals surface area (Å²) in [4.78, 5) is 28.6. The molecule has 1 saturated heterocycles. The van der Waals surface area contributed by atoms with Gasteiger partial charge in [0.1, 0.15) is 0 Å². The molecular formula is C21H33N3O4. The molecule has 0 spiro atoms. The van der Waals surface area contributed by atoms with Gasteiger partial charge in [0.05, 0.1) is 13.1 Å². The summed E-state index contributed by atoms with van der Waals surface area (Å²) in [6, 6.07) is 8.56. The Labute approximate surface area is 167 Å². The molecule has 0 radical (unpaired) electrons. The molecule has 0 unspecified atom stereocenters. The third kappa shape index (κ3) is 8.82. The maximum absolute atomic E-state index is 11.2. The van der Waals surface area contributed by atoms with Crippen molar-refractivity contribution < 1.29 is 19.8 Å². The summed E-state index contributed by atoms with van der Waals surface area (Å²) in [5.74, 6) is -1.68. The zero-order valence-corrected chi connectivity index (χ0v) is 16.8. The van der Waals surface area contributed by atoms with E-state index in [1.807, 2.05) is 9.80 Å². The second-order valence-electron chi connectivity index (χ2n) is 7.66. The van der Waals surface area contributed by atoms with Crippen LogP contribution in [0.25, 0.3) is 0 Å². The molecule has 2 rings (SSSR count). The van der Waals surface area contributed by atoms with Gasteiger partial charge in [-0.3, -0.25) is 24.3 Å². The zero-order valence-electron chi connectivity index (χ0n) is 16.8. The van der Waals surface area contributed by atoms with Crippen molar-refractivity contribution in [3.63, 3.8) is 0 Å². The van der Waals surface area contributed by atoms with E-state index in [9.17, 15) is 14.7 Å². The first-order chi connectivity index (χ1) is 13.4. The molecule has 0 saturated carbocycles. The van der Waals surface area contributed by atoms with Gasteiger partial charge in [-0.2, -0.15) is 0 Å². The van der Waals surface area contributed by atoms with E-state index in [4.69, 9.17) is 5.11 Å². The number of aliphatic carboxylic acids is 2. The Hall–Kier alpha value is -1.96. The molecule has 28 heavy (non-hydrogen) atoms. The highest BCUT2D eigenvalue weighted by Gasteiger charge is 2.17. The molecule has 156 valence electrons.